The molecule has 0 heterocycles. The molecule has 0 saturated carbocycles. The summed E-state index contributed by atoms with van der Waals surface area (Å²) in [6.07, 6.45) is 2.29. The molecule has 0 fully saturated rings. The first kappa shape index (κ1) is 17.5. The molecule has 2 rings (SSSR count). The van der Waals surface area contributed by atoms with E-state index in [1.54, 1.807) is 0 Å². The lowest BCUT2D eigenvalue weighted by molar-refractivity contribution is -0.120. The number of benzene rings is 2. The molecular weight excluding hydrogens is 308 g/mol. The zero-order chi connectivity index (χ0) is 16.3. The molecule has 0 atom stereocenters. The summed E-state index contributed by atoms with van der Waals surface area (Å²) in [4.78, 5) is 11.8. The number of carbonyl (C=O) groups is 1. The first-order valence-electron chi connectivity index (χ1n) is 8.00. The van der Waals surface area contributed by atoms with Crippen LogP contribution in [0.2, 0.25) is 5.02 Å². The zero-order valence-corrected chi connectivity index (χ0v) is 14.0. The standard InChI is InChI=1S/C19H23ClN2O/c20-18-8-4-7-17(15-18)10-14-22-19(23)11-13-21-12-9-16-5-2-1-3-6-16/h1-8,15,21H,9-14H2,(H,22,23). The first-order chi connectivity index (χ1) is 11.2. The van der Waals surface area contributed by atoms with E-state index in [-0.39, 0.29) is 5.91 Å². The summed E-state index contributed by atoms with van der Waals surface area (Å²) in [5.41, 5.74) is 2.45. The number of carbonyl (C=O) groups excluding carboxylic acids is 1. The van der Waals surface area contributed by atoms with Gasteiger partial charge in [0.1, 0.15) is 0 Å². The number of nitrogens with one attached hydrogen (secondary N) is 2. The third kappa shape index (κ3) is 7.31. The van der Waals surface area contributed by atoms with Gasteiger partial charge in [-0.25, -0.2) is 0 Å². The van der Waals surface area contributed by atoms with Crippen molar-refractivity contribution in [1.82, 2.24) is 10.6 Å². The summed E-state index contributed by atoms with van der Waals surface area (Å²) in [7, 11) is 0. The maximum Gasteiger partial charge on any atom is 0.221 e. The van der Waals surface area contributed by atoms with Crippen molar-refractivity contribution in [1.29, 1.82) is 0 Å². The van der Waals surface area contributed by atoms with Crippen LogP contribution in [0.15, 0.2) is 54.6 Å². The summed E-state index contributed by atoms with van der Waals surface area (Å²) in [6.45, 7) is 2.23. The summed E-state index contributed by atoms with van der Waals surface area (Å²) in [5.74, 6) is 0.0826. The Bertz CT molecular complexity index is 601. The zero-order valence-electron chi connectivity index (χ0n) is 13.2. The van der Waals surface area contributed by atoms with Gasteiger partial charge in [-0.3, -0.25) is 4.79 Å². The SMILES string of the molecule is O=C(CCNCCc1ccccc1)NCCc1cccc(Cl)c1. The van der Waals surface area contributed by atoms with Crippen molar-refractivity contribution in [3.63, 3.8) is 0 Å². The second-order valence-corrected chi connectivity index (χ2v) is 5.90. The van der Waals surface area contributed by atoms with E-state index in [9.17, 15) is 4.79 Å². The van der Waals surface area contributed by atoms with Gasteiger partial charge >= 0.3 is 0 Å². The minimum absolute atomic E-state index is 0.0826. The number of rotatable bonds is 9. The maximum absolute atomic E-state index is 11.8. The Balaban J connectivity index is 1.52. The number of hydrogen-bond donors (Lipinski definition) is 2. The van der Waals surface area contributed by atoms with Gasteiger partial charge in [0.25, 0.3) is 0 Å². The fourth-order valence-electron chi connectivity index (χ4n) is 2.33. The highest BCUT2D eigenvalue weighted by molar-refractivity contribution is 6.30. The van der Waals surface area contributed by atoms with Gasteiger partial charge in [0.2, 0.25) is 5.91 Å². The van der Waals surface area contributed by atoms with Gasteiger partial charge in [0.05, 0.1) is 0 Å². The normalized spacial score (nSPS) is 10.5. The molecule has 0 aromatic heterocycles. The Hall–Kier alpha value is -1.84. The molecule has 122 valence electrons. The fourth-order valence-corrected chi connectivity index (χ4v) is 2.54. The molecule has 0 aliphatic heterocycles. The quantitative estimate of drug-likeness (QED) is 0.693. The molecule has 0 aliphatic rings. The van der Waals surface area contributed by atoms with E-state index >= 15 is 0 Å². The molecule has 2 aromatic rings. The molecule has 0 aliphatic carbocycles. The van der Waals surface area contributed by atoms with E-state index < -0.39 is 0 Å². The van der Waals surface area contributed by atoms with E-state index in [1.807, 2.05) is 42.5 Å². The van der Waals surface area contributed by atoms with Crippen LogP contribution in [0, 0.1) is 0 Å². The number of amides is 1. The van der Waals surface area contributed by atoms with Gasteiger partial charge in [-0.15, -0.1) is 0 Å². The van der Waals surface area contributed by atoms with Gasteiger partial charge in [-0.05, 0) is 42.6 Å². The topological polar surface area (TPSA) is 41.1 Å². The third-order valence-electron chi connectivity index (χ3n) is 3.59. The smallest absolute Gasteiger partial charge is 0.221 e. The van der Waals surface area contributed by atoms with Crippen molar-refractivity contribution in [2.75, 3.05) is 19.6 Å². The Morgan fingerprint density at radius 3 is 2.39 bits per heavy atom. The van der Waals surface area contributed by atoms with Crippen molar-refractivity contribution >= 4 is 17.5 Å². The first-order valence-corrected chi connectivity index (χ1v) is 8.37. The summed E-state index contributed by atoms with van der Waals surface area (Å²) >= 11 is 5.93. The molecule has 0 unspecified atom stereocenters. The van der Waals surface area contributed by atoms with Crippen molar-refractivity contribution < 1.29 is 4.79 Å². The van der Waals surface area contributed by atoms with Gasteiger partial charge in [-0.2, -0.15) is 0 Å². The van der Waals surface area contributed by atoms with Crippen LogP contribution in [0.1, 0.15) is 17.5 Å². The van der Waals surface area contributed by atoms with E-state index in [4.69, 9.17) is 11.6 Å². The molecule has 2 aromatic carbocycles. The van der Waals surface area contributed by atoms with E-state index in [0.29, 0.717) is 19.5 Å². The highest BCUT2D eigenvalue weighted by Crippen LogP contribution is 2.10. The minimum atomic E-state index is 0.0826. The van der Waals surface area contributed by atoms with Crippen LogP contribution in [-0.4, -0.2) is 25.5 Å². The molecule has 4 heteroatoms. The Morgan fingerprint density at radius 2 is 1.61 bits per heavy atom. The van der Waals surface area contributed by atoms with Crippen LogP contribution in [0.4, 0.5) is 0 Å². The lowest BCUT2D eigenvalue weighted by atomic mass is 10.1. The predicted octanol–water partition coefficient (Wildman–Crippen LogP) is 3.22. The molecule has 1 amide bonds. The van der Waals surface area contributed by atoms with Crippen molar-refractivity contribution in [2.24, 2.45) is 0 Å². The lowest BCUT2D eigenvalue weighted by Crippen LogP contribution is -2.29. The second-order valence-electron chi connectivity index (χ2n) is 5.47. The Morgan fingerprint density at radius 1 is 0.870 bits per heavy atom. The van der Waals surface area contributed by atoms with Crippen molar-refractivity contribution in [3.05, 3.63) is 70.7 Å². The largest absolute Gasteiger partial charge is 0.356 e. The van der Waals surface area contributed by atoms with Crippen LogP contribution < -0.4 is 10.6 Å². The van der Waals surface area contributed by atoms with E-state index in [2.05, 4.69) is 22.8 Å². The monoisotopic (exact) mass is 330 g/mol. The van der Waals surface area contributed by atoms with Gasteiger partial charge in [-0.1, -0.05) is 54.1 Å². The second kappa shape index (κ2) is 10.0. The summed E-state index contributed by atoms with van der Waals surface area (Å²) in [5, 5.41) is 6.97. The average Bonchev–Trinajstić information content (AvgIpc) is 2.55. The molecule has 0 spiro atoms. The van der Waals surface area contributed by atoms with Crippen molar-refractivity contribution in [3.8, 4) is 0 Å². The number of hydrogen-bond acceptors (Lipinski definition) is 2. The van der Waals surface area contributed by atoms with Crippen LogP contribution >= 0.6 is 11.6 Å². The van der Waals surface area contributed by atoms with Gasteiger partial charge < -0.3 is 10.6 Å². The fraction of sp³-hybridized carbons (Fsp3) is 0.316. The van der Waals surface area contributed by atoms with Gasteiger partial charge in [0.15, 0.2) is 0 Å². The molecule has 0 bridgehead atoms. The Kier molecular flexibility index (Phi) is 7.64. The summed E-state index contributed by atoms with van der Waals surface area (Å²) < 4.78 is 0. The average molecular weight is 331 g/mol. The van der Waals surface area contributed by atoms with Crippen LogP contribution in [0.5, 0.6) is 0 Å². The minimum Gasteiger partial charge on any atom is -0.356 e. The van der Waals surface area contributed by atoms with Crippen LogP contribution in [0.25, 0.3) is 0 Å². The molecule has 2 N–H and O–H groups in total. The van der Waals surface area contributed by atoms with Crippen LogP contribution in [-0.2, 0) is 17.6 Å². The molecule has 0 saturated heterocycles. The Labute approximate surface area is 143 Å². The molecule has 0 radical (unpaired) electrons. The predicted molar refractivity (Wildman–Crippen MR) is 95.8 cm³/mol. The maximum atomic E-state index is 11.8. The molecule has 23 heavy (non-hydrogen) atoms. The van der Waals surface area contributed by atoms with Gasteiger partial charge in [0, 0.05) is 24.5 Å². The highest BCUT2D eigenvalue weighted by Gasteiger charge is 2.01. The van der Waals surface area contributed by atoms with E-state index in [1.165, 1.54) is 5.56 Å². The number of halogens is 1. The molecular formula is C19H23ClN2O. The lowest BCUT2D eigenvalue weighted by Gasteiger charge is -2.07. The van der Waals surface area contributed by atoms with Crippen LogP contribution in [0.3, 0.4) is 0 Å². The third-order valence-corrected chi connectivity index (χ3v) is 3.82. The molecule has 3 nitrogen and oxygen atoms in total. The van der Waals surface area contributed by atoms with E-state index in [0.717, 1.165) is 30.0 Å². The van der Waals surface area contributed by atoms with Crippen molar-refractivity contribution in [2.45, 2.75) is 19.3 Å². The highest BCUT2D eigenvalue weighted by atomic mass is 35.5. The summed E-state index contributed by atoms with van der Waals surface area (Å²) in [6, 6.07) is 18.1.